The van der Waals surface area contributed by atoms with Crippen LogP contribution in [-0.4, -0.2) is 29.8 Å². The quantitative estimate of drug-likeness (QED) is 0.714. The number of para-hydroxylation sites is 1. The molecule has 18 heavy (non-hydrogen) atoms. The van der Waals surface area contributed by atoms with E-state index >= 15 is 0 Å². The predicted molar refractivity (Wildman–Crippen MR) is 69.9 cm³/mol. The van der Waals surface area contributed by atoms with Gasteiger partial charge >= 0.3 is 5.97 Å². The molecule has 1 aliphatic rings. The molecule has 0 bridgehead atoms. The number of hydrogen-bond acceptors (Lipinski definition) is 4. The monoisotopic (exact) mass is 250 g/mol. The SMILES string of the molecule is CC1(Nc2cccc(C(=O)O)c2N)CCOCC1. The Hall–Kier alpha value is -1.75. The summed E-state index contributed by atoms with van der Waals surface area (Å²) in [5.74, 6) is -1.01. The smallest absolute Gasteiger partial charge is 0.337 e. The minimum atomic E-state index is -1.01. The van der Waals surface area contributed by atoms with Gasteiger partial charge in [-0.05, 0) is 31.9 Å². The Bertz CT molecular complexity index is 454. The highest BCUT2D eigenvalue weighted by molar-refractivity contribution is 5.97. The minimum Gasteiger partial charge on any atom is -0.478 e. The third kappa shape index (κ3) is 2.56. The summed E-state index contributed by atoms with van der Waals surface area (Å²) in [5, 5.41) is 12.4. The number of ether oxygens (including phenoxy) is 1. The van der Waals surface area contributed by atoms with Gasteiger partial charge in [0.2, 0.25) is 0 Å². The molecule has 98 valence electrons. The van der Waals surface area contributed by atoms with Crippen molar-refractivity contribution in [2.24, 2.45) is 0 Å². The van der Waals surface area contributed by atoms with Crippen LogP contribution in [0.1, 0.15) is 30.1 Å². The molecule has 0 radical (unpaired) electrons. The molecule has 4 N–H and O–H groups in total. The van der Waals surface area contributed by atoms with Crippen LogP contribution < -0.4 is 11.1 Å². The summed E-state index contributed by atoms with van der Waals surface area (Å²) in [6, 6.07) is 5.02. The van der Waals surface area contributed by atoms with Crippen LogP contribution in [0.2, 0.25) is 0 Å². The van der Waals surface area contributed by atoms with Gasteiger partial charge in [-0.15, -0.1) is 0 Å². The number of anilines is 2. The van der Waals surface area contributed by atoms with Gasteiger partial charge in [0.25, 0.3) is 0 Å². The number of carboxylic acid groups (broad SMARTS) is 1. The third-order valence-corrected chi connectivity index (χ3v) is 3.37. The van der Waals surface area contributed by atoms with E-state index in [0.29, 0.717) is 18.9 Å². The molecule has 2 rings (SSSR count). The molecular weight excluding hydrogens is 232 g/mol. The van der Waals surface area contributed by atoms with E-state index in [2.05, 4.69) is 12.2 Å². The largest absolute Gasteiger partial charge is 0.478 e. The average molecular weight is 250 g/mol. The van der Waals surface area contributed by atoms with E-state index in [1.807, 2.05) is 6.07 Å². The summed E-state index contributed by atoms with van der Waals surface area (Å²) >= 11 is 0. The maximum absolute atomic E-state index is 11.0. The molecule has 0 atom stereocenters. The number of carboxylic acids is 1. The van der Waals surface area contributed by atoms with E-state index in [4.69, 9.17) is 15.6 Å². The molecular formula is C13H18N2O3. The maximum Gasteiger partial charge on any atom is 0.337 e. The number of hydrogen-bond donors (Lipinski definition) is 3. The zero-order valence-corrected chi connectivity index (χ0v) is 10.4. The van der Waals surface area contributed by atoms with Crippen molar-refractivity contribution < 1.29 is 14.6 Å². The first-order valence-corrected chi connectivity index (χ1v) is 5.99. The van der Waals surface area contributed by atoms with E-state index in [1.165, 1.54) is 6.07 Å². The number of nitrogens with one attached hydrogen (secondary N) is 1. The van der Waals surface area contributed by atoms with Crippen LogP contribution in [0.5, 0.6) is 0 Å². The second-order valence-electron chi connectivity index (χ2n) is 4.87. The molecule has 0 aromatic heterocycles. The van der Waals surface area contributed by atoms with Crippen LogP contribution >= 0.6 is 0 Å². The molecule has 0 unspecified atom stereocenters. The van der Waals surface area contributed by atoms with E-state index in [0.717, 1.165) is 12.8 Å². The molecule has 0 amide bonds. The fourth-order valence-electron chi connectivity index (χ4n) is 2.13. The lowest BCUT2D eigenvalue weighted by Gasteiger charge is -2.36. The van der Waals surface area contributed by atoms with Gasteiger partial charge in [0.15, 0.2) is 0 Å². The van der Waals surface area contributed by atoms with Gasteiger partial charge in [-0.25, -0.2) is 4.79 Å². The summed E-state index contributed by atoms with van der Waals surface area (Å²) < 4.78 is 5.33. The number of aromatic carboxylic acids is 1. The Kier molecular flexibility index (Phi) is 3.43. The van der Waals surface area contributed by atoms with Crippen molar-refractivity contribution in [1.82, 2.24) is 0 Å². The van der Waals surface area contributed by atoms with E-state index < -0.39 is 5.97 Å². The Morgan fingerprint density at radius 2 is 2.11 bits per heavy atom. The molecule has 0 spiro atoms. The predicted octanol–water partition coefficient (Wildman–Crippen LogP) is 1.95. The number of rotatable bonds is 3. The zero-order valence-electron chi connectivity index (χ0n) is 10.4. The Labute approximate surface area is 106 Å². The Balaban J connectivity index is 2.23. The van der Waals surface area contributed by atoms with Gasteiger partial charge in [-0.2, -0.15) is 0 Å². The number of carbonyl (C=O) groups is 1. The van der Waals surface area contributed by atoms with Gasteiger partial charge in [0.05, 0.1) is 16.9 Å². The van der Waals surface area contributed by atoms with Crippen molar-refractivity contribution >= 4 is 17.3 Å². The lowest BCUT2D eigenvalue weighted by atomic mass is 9.92. The second-order valence-corrected chi connectivity index (χ2v) is 4.87. The average Bonchev–Trinajstić information content (AvgIpc) is 2.32. The van der Waals surface area contributed by atoms with Crippen molar-refractivity contribution in [3.8, 4) is 0 Å². The normalized spacial score (nSPS) is 18.3. The lowest BCUT2D eigenvalue weighted by molar-refractivity contribution is 0.0657. The topological polar surface area (TPSA) is 84.6 Å². The van der Waals surface area contributed by atoms with Crippen molar-refractivity contribution in [2.75, 3.05) is 24.3 Å². The summed E-state index contributed by atoms with van der Waals surface area (Å²) in [5.41, 5.74) is 6.90. The van der Waals surface area contributed by atoms with Crippen LogP contribution in [0.15, 0.2) is 18.2 Å². The summed E-state index contributed by atoms with van der Waals surface area (Å²) in [6.45, 7) is 3.52. The molecule has 5 heteroatoms. The molecule has 5 nitrogen and oxygen atoms in total. The molecule has 1 aromatic carbocycles. The second kappa shape index (κ2) is 4.86. The highest BCUT2D eigenvalue weighted by Crippen LogP contribution is 2.30. The van der Waals surface area contributed by atoms with Gasteiger partial charge < -0.3 is 20.9 Å². The van der Waals surface area contributed by atoms with Gasteiger partial charge in [0, 0.05) is 18.8 Å². The molecule has 1 aromatic rings. The summed E-state index contributed by atoms with van der Waals surface area (Å²) in [7, 11) is 0. The van der Waals surface area contributed by atoms with E-state index in [-0.39, 0.29) is 16.8 Å². The van der Waals surface area contributed by atoms with Crippen molar-refractivity contribution in [1.29, 1.82) is 0 Å². The molecule has 0 aliphatic carbocycles. The molecule has 0 saturated carbocycles. The van der Waals surface area contributed by atoms with Crippen molar-refractivity contribution in [3.63, 3.8) is 0 Å². The van der Waals surface area contributed by atoms with Crippen molar-refractivity contribution in [2.45, 2.75) is 25.3 Å². The molecule has 1 saturated heterocycles. The number of nitrogens with two attached hydrogens (primary N) is 1. The van der Waals surface area contributed by atoms with Crippen LogP contribution in [0.25, 0.3) is 0 Å². The van der Waals surface area contributed by atoms with Gasteiger partial charge in [0.1, 0.15) is 0 Å². The van der Waals surface area contributed by atoms with Crippen LogP contribution in [-0.2, 0) is 4.74 Å². The number of nitrogen functional groups attached to an aromatic ring is 1. The maximum atomic E-state index is 11.0. The van der Waals surface area contributed by atoms with Crippen LogP contribution in [0.3, 0.4) is 0 Å². The summed E-state index contributed by atoms with van der Waals surface area (Å²) in [6.07, 6.45) is 1.76. The molecule has 1 aliphatic heterocycles. The van der Waals surface area contributed by atoms with Crippen LogP contribution in [0.4, 0.5) is 11.4 Å². The van der Waals surface area contributed by atoms with Gasteiger partial charge in [-0.3, -0.25) is 0 Å². The molecule has 1 heterocycles. The van der Waals surface area contributed by atoms with Gasteiger partial charge in [-0.1, -0.05) is 6.07 Å². The number of benzene rings is 1. The third-order valence-electron chi connectivity index (χ3n) is 3.37. The standard InChI is InChI=1S/C13H18N2O3/c1-13(5-7-18-8-6-13)15-10-4-2-3-9(11(10)14)12(16)17/h2-4,15H,5-8,14H2,1H3,(H,16,17). The first kappa shape index (κ1) is 12.7. The first-order chi connectivity index (χ1) is 8.52. The highest BCUT2D eigenvalue weighted by atomic mass is 16.5. The summed E-state index contributed by atoms with van der Waals surface area (Å²) in [4.78, 5) is 11.0. The fraction of sp³-hybridized carbons (Fsp3) is 0.462. The van der Waals surface area contributed by atoms with E-state index in [9.17, 15) is 4.79 Å². The minimum absolute atomic E-state index is 0.0938. The Morgan fingerprint density at radius 1 is 1.44 bits per heavy atom. The fourth-order valence-corrected chi connectivity index (χ4v) is 2.13. The van der Waals surface area contributed by atoms with Crippen LogP contribution in [0, 0.1) is 0 Å². The van der Waals surface area contributed by atoms with Crippen molar-refractivity contribution in [3.05, 3.63) is 23.8 Å². The Morgan fingerprint density at radius 3 is 2.72 bits per heavy atom. The first-order valence-electron chi connectivity index (χ1n) is 5.99. The molecule has 1 fully saturated rings. The zero-order chi connectivity index (χ0) is 13.2. The lowest BCUT2D eigenvalue weighted by Crippen LogP contribution is -2.40. The highest BCUT2D eigenvalue weighted by Gasteiger charge is 2.28. The van der Waals surface area contributed by atoms with E-state index in [1.54, 1.807) is 6.07 Å².